The van der Waals surface area contributed by atoms with Gasteiger partial charge in [-0.15, -0.1) is 0 Å². The first-order valence-corrected chi connectivity index (χ1v) is 8.61. The zero-order valence-electron chi connectivity index (χ0n) is 14.2. The lowest BCUT2D eigenvalue weighted by molar-refractivity contribution is -0.118. The number of hydrogen-bond donors (Lipinski definition) is 0. The van der Waals surface area contributed by atoms with Crippen molar-refractivity contribution in [2.75, 3.05) is 11.4 Å². The largest absolute Gasteiger partial charge is 0.444 e. The molecule has 0 unspecified atom stereocenters. The summed E-state index contributed by atoms with van der Waals surface area (Å²) in [5, 5.41) is 0. The van der Waals surface area contributed by atoms with E-state index in [-0.39, 0.29) is 12.3 Å². The molecule has 1 aromatic heterocycles. The van der Waals surface area contributed by atoms with Gasteiger partial charge in [0, 0.05) is 17.8 Å². The Morgan fingerprint density at radius 1 is 1.16 bits per heavy atom. The van der Waals surface area contributed by atoms with Gasteiger partial charge < -0.3 is 9.32 Å². The first-order valence-electron chi connectivity index (χ1n) is 8.61. The molecular formula is C21H20N2O2. The number of carbonyl (C=O) groups is 1. The van der Waals surface area contributed by atoms with E-state index in [9.17, 15) is 4.79 Å². The zero-order valence-corrected chi connectivity index (χ0v) is 14.2. The van der Waals surface area contributed by atoms with Crippen LogP contribution in [0, 0.1) is 6.92 Å². The number of aryl methyl sites for hydroxylation is 2. The highest BCUT2D eigenvalue weighted by atomic mass is 16.3. The molecule has 126 valence electrons. The summed E-state index contributed by atoms with van der Waals surface area (Å²) >= 11 is 0. The molecule has 0 aliphatic carbocycles. The van der Waals surface area contributed by atoms with Gasteiger partial charge in [0.15, 0.2) is 0 Å². The summed E-state index contributed by atoms with van der Waals surface area (Å²) in [7, 11) is 0. The molecule has 0 radical (unpaired) electrons. The summed E-state index contributed by atoms with van der Waals surface area (Å²) < 4.78 is 5.55. The highest BCUT2D eigenvalue weighted by Gasteiger charge is 2.24. The molecule has 0 saturated heterocycles. The van der Waals surface area contributed by atoms with Gasteiger partial charge in [-0.25, -0.2) is 4.98 Å². The minimum absolute atomic E-state index is 0.0724. The molecule has 0 atom stereocenters. The smallest absolute Gasteiger partial charge is 0.233 e. The monoisotopic (exact) mass is 332 g/mol. The summed E-state index contributed by atoms with van der Waals surface area (Å²) in [5.41, 5.74) is 5.07. The Hall–Kier alpha value is -2.88. The van der Waals surface area contributed by atoms with Gasteiger partial charge in [0.05, 0.1) is 12.1 Å². The number of benzene rings is 2. The third-order valence-corrected chi connectivity index (χ3v) is 4.62. The molecule has 3 aromatic rings. The van der Waals surface area contributed by atoms with Crippen molar-refractivity contribution >= 4 is 11.6 Å². The number of fused-ring (bicyclic) bond motifs is 1. The molecule has 0 spiro atoms. The number of oxazole rings is 1. The molecule has 0 saturated carbocycles. The Bertz CT molecular complexity index is 899. The van der Waals surface area contributed by atoms with Crippen molar-refractivity contribution in [3.63, 3.8) is 0 Å². The predicted octanol–water partition coefficient (Wildman–Crippen LogP) is 4.17. The van der Waals surface area contributed by atoms with Crippen molar-refractivity contribution in [3.05, 3.63) is 71.6 Å². The third-order valence-electron chi connectivity index (χ3n) is 4.62. The third kappa shape index (κ3) is 3.07. The summed E-state index contributed by atoms with van der Waals surface area (Å²) in [6.07, 6.45) is 3.87. The molecule has 25 heavy (non-hydrogen) atoms. The van der Waals surface area contributed by atoms with E-state index in [0.29, 0.717) is 11.6 Å². The molecule has 0 bridgehead atoms. The van der Waals surface area contributed by atoms with Crippen LogP contribution in [0.4, 0.5) is 5.69 Å². The minimum Gasteiger partial charge on any atom is -0.444 e. The second-order valence-corrected chi connectivity index (χ2v) is 6.42. The van der Waals surface area contributed by atoms with E-state index < -0.39 is 0 Å². The molecule has 1 aliphatic rings. The van der Waals surface area contributed by atoms with Crippen molar-refractivity contribution in [3.8, 4) is 11.5 Å². The molecule has 1 aliphatic heterocycles. The first-order chi connectivity index (χ1) is 12.2. The van der Waals surface area contributed by atoms with E-state index in [1.807, 2.05) is 35.2 Å². The van der Waals surface area contributed by atoms with Crippen LogP contribution in [-0.2, 0) is 17.6 Å². The Kier molecular flexibility index (Phi) is 4.10. The predicted molar refractivity (Wildman–Crippen MR) is 97.5 cm³/mol. The van der Waals surface area contributed by atoms with Gasteiger partial charge in [0.2, 0.25) is 11.8 Å². The van der Waals surface area contributed by atoms with Gasteiger partial charge in [-0.05, 0) is 43.0 Å². The molecule has 4 rings (SSSR count). The van der Waals surface area contributed by atoms with Crippen LogP contribution >= 0.6 is 0 Å². The van der Waals surface area contributed by atoms with Crippen LogP contribution in [0.25, 0.3) is 11.5 Å². The van der Waals surface area contributed by atoms with E-state index in [2.05, 4.69) is 30.1 Å². The maximum Gasteiger partial charge on any atom is 0.233 e. The Morgan fingerprint density at radius 3 is 2.84 bits per heavy atom. The number of nitrogens with zero attached hydrogens (tertiary/aromatic N) is 2. The molecule has 2 heterocycles. The number of para-hydroxylation sites is 1. The molecule has 2 aromatic carbocycles. The van der Waals surface area contributed by atoms with Gasteiger partial charge >= 0.3 is 0 Å². The number of carbonyl (C=O) groups excluding carboxylic acids is 1. The maximum absolute atomic E-state index is 12.9. The van der Waals surface area contributed by atoms with Gasteiger partial charge in [-0.3, -0.25) is 4.79 Å². The summed E-state index contributed by atoms with van der Waals surface area (Å²) in [6, 6.07) is 16.0. The number of anilines is 1. The van der Waals surface area contributed by atoms with E-state index >= 15 is 0 Å². The second kappa shape index (κ2) is 6.55. The average molecular weight is 332 g/mol. The fourth-order valence-electron chi connectivity index (χ4n) is 3.45. The van der Waals surface area contributed by atoms with Crippen LogP contribution in [0.5, 0.6) is 0 Å². The highest BCUT2D eigenvalue weighted by molar-refractivity contribution is 5.96. The van der Waals surface area contributed by atoms with E-state index in [1.54, 1.807) is 6.26 Å². The number of rotatable bonds is 3. The Balaban J connectivity index is 1.55. The maximum atomic E-state index is 12.9. The molecule has 1 amide bonds. The van der Waals surface area contributed by atoms with Gasteiger partial charge in [-0.1, -0.05) is 36.4 Å². The van der Waals surface area contributed by atoms with Crippen molar-refractivity contribution in [2.45, 2.75) is 26.2 Å². The topological polar surface area (TPSA) is 46.3 Å². The van der Waals surface area contributed by atoms with Crippen molar-refractivity contribution < 1.29 is 9.21 Å². The van der Waals surface area contributed by atoms with E-state index in [1.165, 1.54) is 5.56 Å². The average Bonchev–Trinajstić information content (AvgIpc) is 3.11. The van der Waals surface area contributed by atoms with Gasteiger partial charge in [-0.2, -0.15) is 0 Å². The number of hydrogen-bond acceptors (Lipinski definition) is 3. The minimum atomic E-state index is 0.0724. The standard InChI is InChI=1S/C21H20N2O2/c1-15-7-5-10-16-11-6-12-23(20(15)16)19(24)13-18-14-25-21(22-18)17-8-3-2-4-9-17/h2-5,7-10,14H,6,11-13H2,1H3. The zero-order chi connectivity index (χ0) is 17.2. The molecule has 4 nitrogen and oxygen atoms in total. The number of amides is 1. The molecule has 4 heteroatoms. The molecular weight excluding hydrogens is 312 g/mol. The van der Waals surface area contributed by atoms with Crippen molar-refractivity contribution in [2.24, 2.45) is 0 Å². The van der Waals surface area contributed by atoms with Crippen molar-refractivity contribution in [1.82, 2.24) is 4.98 Å². The molecule has 0 N–H and O–H groups in total. The quantitative estimate of drug-likeness (QED) is 0.723. The van der Waals surface area contributed by atoms with Gasteiger partial charge in [0.25, 0.3) is 0 Å². The SMILES string of the molecule is Cc1cccc2c1N(C(=O)Cc1coc(-c3ccccc3)n1)CCC2. The van der Waals surface area contributed by atoms with Crippen LogP contribution in [-0.4, -0.2) is 17.4 Å². The first kappa shape index (κ1) is 15.6. The van der Waals surface area contributed by atoms with Crippen LogP contribution in [0.1, 0.15) is 23.2 Å². The van der Waals surface area contributed by atoms with Crippen LogP contribution in [0.3, 0.4) is 0 Å². The normalized spacial score (nSPS) is 13.6. The number of aromatic nitrogens is 1. The Morgan fingerprint density at radius 2 is 2.00 bits per heavy atom. The lowest BCUT2D eigenvalue weighted by atomic mass is 9.98. The fourth-order valence-corrected chi connectivity index (χ4v) is 3.45. The second-order valence-electron chi connectivity index (χ2n) is 6.42. The Labute approximate surface area is 147 Å². The van der Waals surface area contributed by atoms with E-state index in [0.717, 1.165) is 36.2 Å². The van der Waals surface area contributed by atoms with Crippen LogP contribution in [0.2, 0.25) is 0 Å². The highest BCUT2D eigenvalue weighted by Crippen LogP contribution is 2.31. The lowest BCUT2D eigenvalue weighted by Crippen LogP contribution is -2.37. The molecule has 0 fully saturated rings. The van der Waals surface area contributed by atoms with Gasteiger partial charge in [0.1, 0.15) is 6.26 Å². The summed E-state index contributed by atoms with van der Waals surface area (Å²) in [5.74, 6) is 0.627. The van der Waals surface area contributed by atoms with Crippen molar-refractivity contribution in [1.29, 1.82) is 0 Å². The summed E-state index contributed by atoms with van der Waals surface area (Å²) in [6.45, 7) is 2.83. The fraction of sp³-hybridized carbons (Fsp3) is 0.238. The van der Waals surface area contributed by atoms with E-state index in [4.69, 9.17) is 4.42 Å². The van der Waals surface area contributed by atoms with Crippen LogP contribution in [0.15, 0.2) is 59.2 Å². The summed E-state index contributed by atoms with van der Waals surface area (Å²) in [4.78, 5) is 19.3. The lowest BCUT2D eigenvalue weighted by Gasteiger charge is -2.31. The van der Waals surface area contributed by atoms with Crippen LogP contribution < -0.4 is 4.90 Å².